The molecule has 0 aliphatic carbocycles. The predicted molar refractivity (Wildman–Crippen MR) is 56.1 cm³/mol. The lowest BCUT2D eigenvalue weighted by molar-refractivity contribution is -0.150. The molecule has 0 unspecified atom stereocenters. The Labute approximate surface area is 86.2 Å². The summed E-state index contributed by atoms with van der Waals surface area (Å²) in [5, 5.41) is 3.25. The van der Waals surface area contributed by atoms with E-state index >= 15 is 0 Å². The number of hydrogen-bond donors (Lipinski definition) is 1. The number of esters is 1. The van der Waals surface area contributed by atoms with Crippen molar-refractivity contribution >= 4 is 5.97 Å². The Morgan fingerprint density at radius 1 is 1.36 bits per heavy atom. The molecule has 82 valence electrons. The lowest BCUT2D eigenvalue weighted by Gasteiger charge is -2.22. The first kappa shape index (κ1) is 11.5. The van der Waals surface area contributed by atoms with Gasteiger partial charge in [0, 0.05) is 6.42 Å². The van der Waals surface area contributed by atoms with Crippen LogP contribution < -0.4 is 5.32 Å². The second-order valence-corrected chi connectivity index (χ2v) is 3.90. The SMILES string of the molecule is CCCCCC(=O)OC1CCNCC1. The minimum Gasteiger partial charge on any atom is -0.462 e. The summed E-state index contributed by atoms with van der Waals surface area (Å²) in [7, 11) is 0. The summed E-state index contributed by atoms with van der Waals surface area (Å²) < 4.78 is 5.36. The number of carbonyl (C=O) groups is 1. The molecule has 1 fully saturated rings. The van der Waals surface area contributed by atoms with Gasteiger partial charge in [0.25, 0.3) is 0 Å². The molecule has 0 aromatic carbocycles. The second-order valence-electron chi connectivity index (χ2n) is 3.90. The van der Waals surface area contributed by atoms with Crippen LogP contribution in [-0.4, -0.2) is 25.2 Å². The molecule has 0 spiro atoms. The fraction of sp³-hybridized carbons (Fsp3) is 0.909. The van der Waals surface area contributed by atoms with E-state index in [-0.39, 0.29) is 12.1 Å². The maximum Gasteiger partial charge on any atom is 0.306 e. The van der Waals surface area contributed by atoms with Gasteiger partial charge in [-0.15, -0.1) is 0 Å². The largest absolute Gasteiger partial charge is 0.462 e. The summed E-state index contributed by atoms with van der Waals surface area (Å²) in [4.78, 5) is 11.3. The van der Waals surface area contributed by atoms with E-state index in [4.69, 9.17) is 4.74 Å². The number of unbranched alkanes of at least 4 members (excludes halogenated alkanes) is 2. The molecule has 1 rings (SSSR count). The summed E-state index contributed by atoms with van der Waals surface area (Å²) in [6.07, 6.45) is 5.96. The first-order valence-electron chi connectivity index (χ1n) is 5.73. The van der Waals surface area contributed by atoms with Gasteiger partial charge in [-0.3, -0.25) is 4.79 Å². The fourth-order valence-electron chi connectivity index (χ4n) is 1.68. The highest BCUT2D eigenvalue weighted by atomic mass is 16.5. The molecule has 1 aliphatic heterocycles. The number of piperidine rings is 1. The molecule has 1 N–H and O–H groups in total. The van der Waals surface area contributed by atoms with Crippen LogP contribution >= 0.6 is 0 Å². The molecule has 0 aromatic heterocycles. The minimum atomic E-state index is -0.00894. The number of rotatable bonds is 5. The lowest BCUT2D eigenvalue weighted by atomic mass is 10.1. The summed E-state index contributed by atoms with van der Waals surface area (Å²) in [5.74, 6) is -0.00894. The van der Waals surface area contributed by atoms with Gasteiger partial charge < -0.3 is 10.1 Å². The molecule has 14 heavy (non-hydrogen) atoms. The predicted octanol–water partition coefficient (Wildman–Crippen LogP) is 1.86. The molecule has 0 amide bonds. The van der Waals surface area contributed by atoms with Crippen LogP contribution in [0.4, 0.5) is 0 Å². The van der Waals surface area contributed by atoms with Crippen molar-refractivity contribution in [1.82, 2.24) is 5.32 Å². The van der Waals surface area contributed by atoms with Crippen LogP contribution in [0.3, 0.4) is 0 Å². The summed E-state index contributed by atoms with van der Waals surface area (Å²) >= 11 is 0. The zero-order valence-electron chi connectivity index (χ0n) is 9.05. The van der Waals surface area contributed by atoms with Crippen LogP contribution in [-0.2, 0) is 9.53 Å². The number of carbonyl (C=O) groups excluding carboxylic acids is 1. The molecule has 0 atom stereocenters. The van der Waals surface area contributed by atoms with Crippen LogP contribution in [0, 0.1) is 0 Å². The van der Waals surface area contributed by atoms with Crippen LogP contribution in [0.5, 0.6) is 0 Å². The molecular weight excluding hydrogens is 178 g/mol. The zero-order chi connectivity index (χ0) is 10.2. The highest BCUT2D eigenvalue weighted by Crippen LogP contribution is 2.09. The van der Waals surface area contributed by atoms with Crippen molar-refractivity contribution in [2.45, 2.75) is 51.6 Å². The highest BCUT2D eigenvalue weighted by Gasteiger charge is 2.16. The molecule has 3 nitrogen and oxygen atoms in total. The third-order valence-corrected chi connectivity index (χ3v) is 2.57. The Hall–Kier alpha value is -0.570. The van der Waals surface area contributed by atoms with Crippen molar-refractivity contribution in [3.8, 4) is 0 Å². The Morgan fingerprint density at radius 2 is 2.07 bits per heavy atom. The summed E-state index contributed by atoms with van der Waals surface area (Å²) in [5.41, 5.74) is 0. The average Bonchev–Trinajstić information content (AvgIpc) is 2.20. The van der Waals surface area contributed by atoms with Gasteiger partial charge in [-0.25, -0.2) is 0 Å². The van der Waals surface area contributed by atoms with Gasteiger partial charge in [0.15, 0.2) is 0 Å². The molecule has 1 saturated heterocycles. The normalized spacial score (nSPS) is 18.1. The summed E-state index contributed by atoms with van der Waals surface area (Å²) in [6, 6.07) is 0. The lowest BCUT2D eigenvalue weighted by Crippen LogP contribution is -2.33. The van der Waals surface area contributed by atoms with Crippen molar-refractivity contribution < 1.29 is 9.53 Å². The first-order chi connectivity index (χ1) is 6.83. The molecule has 0 saturated carbocycles. The van der Waals surface area contributed by atoms with E-state index < -0.39 is 0 Å². The quantitative estimate of drug-likeness (QED) is 0.542. The number of hydrogen-bond acceptors (Lipinski definition) is 3. The molecule has 0 radical (unpaired) electrons. The highest BCUT2D eigenvalue weighted by molar-refractivity contribution is 5.69. The van der Waals surface area contributed by atoms with Gasteiger partial charge in [0.1, 0.15) is 6.10 Å². The smallest absolute Gasteiger partial charge is 0.306 e. The Morgan fingerprint density at radius 3 is 2.71 bits per heavy atom. The van der Waals surface area contributed by atoms with E-state index in [0.717, 1.165) is 45.2 Å². The van der Waals surface area contributed by atoms with Crippen molar-refractivity contribution in [2.75, 3.05) is 13.1 Å². The summed E-state index contributed by atoms with van der Waals surface area (Å²) in [6.45, 7) is 4.10. The van der Waals surface area contributed by atoms with E-state index in [1.165, 1.54) is 0 Å². The van der Waals surface area contributed by atoms with E-state index in [9.17, 15) is 4.79 Å². The maximum absolute atomic E-state index is 11.3. The van der Waals surface area contributed by atoms with Gasteiger partial charge in [-0.2, -0.15) is 0 Å². The van der Waals surface area contributed by atoms with Crippen molar-refractivity contribution in [1.29, 1.82) is 0 Å². The van der Waals surface area contributed by atoms with Crippen molar-refractivity contribution in [3.05, 3.63) is 0 Å². The van der Waals surface area contributed by atoms with Gasteiger partial charge in [-0.1, -0.05) is 19.8 Å². The fourth-order valence-corrected chi connectivity index (χ4v) is 1.68. The van der Waals surface area contributed by atoms with E-state index in [1.54, 1.807) is 0 Å². The molecule has 0 bridgehead atoms. The topological polar surface area (TPSA) is 38.3 Å². The molecule has 1 heterocycles. The van der Waals surface area contributed by atoms with Crippen molar-refractivity contribution in [3.63, 3.8) is 0 Å². The first-order valence-corrected chi connectivity index (χ1v) is 5.73. The van der Waals surface area contributed by atoms with E-state index in [0.29, 0.717) is 6.42 Å². The molecular formula is C11H21NO2. The number of nitrogens with one attached hydrogen (secondary N) is 1. The minimum absolute atomic E-state index is 0.00894. The van der Waals surface area contributed by atoms with Crippen LogP contribution in [0.1, 0.15) is 45.4 Å². The average molecular weight is 199 g/mol. The monoisotopic (exact) mass is 199 g/mol. The van der Waals surface area contributed by atoms with Crippen LogP contribution in [0.2, 0.25) is 0 Å². The van der Waals surface area contributed by atoms with Crippen LogP contribution in [0.25, 0.3) is 0 Å². The standard InChI is InChI=1S/C11H21NO2/c1-2-3-4-5-11(13)14-10-6-8-12-9-7-10/h10,12H,2-9H2,1H3. The van der Waals surface area contributed by atoms with E-state index in [2.05, 4.69) is 12.2 Å². The molecule has 1 aliphatic rings. The maximum atomic E-state index is 11.3. The zero-order valence-corrected chi connectivity index (χ0v) is 9.05. The van der Waals surface area contributed by atoms with E-state index in [1.807, 2.05) is 0 Å². The third-order valence-electron chi connectivity index (χ3n) is 2.57. The third kappa shape index (κ3) is 4.61. The van der Waals surface area contributed by atoms with Crippen LogP contribution in [0.15, 0.2) is 0 Å². The van der Waals surface area contributed by atoms with Crippen molar-refractivity contribution in [2.24, 2.45) is 0 Å². The second kappa shape index (κ2) is 6.82. The van der Waals surface area contributed by atoms with Gasteiger partial charge in [0.2, 0.25) is 0 Å². The van der Waals surface area contributed by atoms with Gasteiger partial charge in [0.05, 0.1) is 0 Å². The Balaban J connectivity index is 2.06. The molecule has 0 aromatic rings. The Kier molecular flexibility index (Phi) is 5.60. The Bertz CT molecular complexity index is 165. The molecule has 3 heteroatoms. The van der Waals surface area contributed by atoms with Gasteiger partial charge in [-0.05, 0) is 32.4 Å². The van der Waals surface area contributed by atoms with Gasteiger partial charge >= 0.3 is 5.97 Å². The number of ether oxygens (including phenoxy) is 1.